The molecule has 0 atom stereocenters. The Bertz CT molecular complexity index is 416. The van der Waals surface area contributed by atoms with Crippen LogP contribution in [0.25, 0.3) is 0 Å². The van der Waals surface area contributed by atoms with Crippen LogP contribution in [-0.2, 0) is 6.54 Å². The average Bonchev–Trinajstić information content (AvgIpc) is 2.95. The van der Waals surface area contributed by atoms with Gasteiger partial charge in [0.25, 0.3) is 0 Å². The van der Waals surface area contributed by atoms with Crippen molar-refractivity contribution in [2.24, 2.45) is 4.99 Å². The molecule has 1 saturated heterocycles. The number of rotatable bonds is 3. The third kappa shape index (κ3) is 2.72. The van der Waals surface area contributed by atoms with Crippen LogP contribution in [0.2, 0.25) is 0 Å². The van der Waals surface area contributed by atoms with E-state index in [-0.39, 0.29) is 0 Å². The molecular weight excluding hydrogens is 222 g/mol. The highest BCUT2D eigenvalue weighted by atomic mass is 15.1. The van der Waals surface area contributed by atoms with Crippen LogP contribution in [0.4, 0.5) is 0 Å². The summed E-state index contributed by atoms with van der Waals surface area (Å²) in [5.74, 6) is 1.06. The highest BCUT2D eigenvalue weighted by molar-refractivity contribution is 5.99. The molecule has 0 amide bonds. The highest BCUT2D eigenvalue weighted by Crippen LogP contribution is 2.14. The zero-order valence-electron chi connectivity index (χ0n) is 10.9. The Morgan fingerprint density at radius 2 is 1.83 bits per heavy atom. The number of nitrogens with one attached hydrogen (secondary N) is 1. The van der Waals surface area contributed by atoms with Crippen molar-refractivity contribution in [3.8, 4) is 0 Å². The fourth-order valence-electron chi connectivity index (χ4n) is 2.73. The molecule has 3 nitrogen and oxygen atoms in total. The van der Waals surface area contributed by atoms with Gasteiger partial charge in [0.05, 0.1) is 6.54 Å². The molecule has 0 bridgehead atoms. The molecule has 2 aliphatic heterocycles. The van der Waals surface area contributed by atoms with E-state index in [0.717, 1.165) is 25.5 Å². The second-order valence-electron chi connectivity index (χ2n) is 5.19. The molecule has 2 aliphatic rings. The number of likely N-dealkylation sites (tertiary alicyclic amines) is 1. The molecule has 1 fully saturated rings. The first kappa shape index (κ1) is 11.7. The maximum Gasteiger partial charge on any atom is 0.128 e. The minimum atomic E-state index is 0.908. The maximum atomic E-state index is 4.45. The van der Waals surface area contributed by atoms with E-state index in [1.165, 1.54) is 43.5 Å². The summed E-state index contributed by atoms with van der Waals surface area (Å²) < 4.78 is 0. The van der Waals surface area contributed by atoms with Crippen molar-refractivity contribution in [3.63, 3.8) is 0 Å². The lowest BCUT2D eigenvalue weighted by Crippen LogP contribution is -2.29. The van der Waals surface area contributed by atoms with Gasteiger partial charge in [-0.2, -0.15) is 0 Å². The molecule has 96 valence electrons. The molecule has 2 heterocycles. The molecule has 0 unspecified atom stereocenters. The number of nitrogens with zero attached hydrogens (tertiary/aromatic N) is 2. The highest BCUT2D eigenvalue weighted by Gasteiger charge is 2.11. The first-order valence-corrected chi connectivity index (χ1v) is 7.02. The maximum absolute atomic E-state index is 4.45. The molecule has 3 rings (SSSR count). The number of piperidine rings is 1. The molecule has 0 saturated carbocycles. The smallest absolute Gasteiger partial charge is 0.128 e. The minimum Gasteiger partial charge on any atom is -0.368 e. The minimum absolute atomic E-state index is 0.908. The Kier molecular flexibility index (Phi) is 3.60. The number of hydrogen-bond donors (Lipinski definition) is 1. The summed E-state index contributed by atoms with van der Waals surface area (Å²) in [6.45, 7) is 5.50. The van der Waals surface area contributed by atoms with Gasteiger partial charge in [-0.1, -0.05) is 30.7 Å². The lowest BCUT2D eigenvalue weighted by atomic mass is 10.1. The summed E-state index contributed by atoms with van der Waals surface area (Å²) in [5.41, 5.74) is 2.63. The Balaban J connectivity index is 1.63. The van der Waals surface area contributed by atoms with Gasteiger partial charge in [-0.05, 0) is 31.5 Å². The second-order valence-corrected chi connectivity index (χ2v) is 5.19. The number of benzene rings is 1. The largest absolute Gasteiger partial charge is 0.368 e. The first-order valence-electron chi connectivity index (χ1n) is 7.02. The van der Waals surface area contributed by atoms with Gasteiger partial charge in [-0.3, -0.25) is 9.89 Å². The van der Waals surface area contributed by atoms with E-state index in [1.54, 1.807) is 0 Å². The Hall–Kier alpha value is -1.35. The summed E-state index contributed by atoms with van der Waals surface area (Å²) in [4.78, 5) is 7.01. The molecule has 0 aromatic heterocycles. The number of hydrogen-bond acceptors (Lipinski definition) is 3. The predicted molar refractivity (Wildman–Crippen MR) is 75.0 cm³/mol. The van der Waals surface area contributed by atoms with Gasteiger partial charge >= 0.3 is 0 Å². The molecule has 0 aliphatic carbocycles. The second kappa shape index (κ2) is 5.53. The number of aliphatic imine (C=N–C) groups is 1. The fourth-order valence-corrected chi connectivity index (χ4v) is 2.73. The SMILES string of the molecule is c1cc(C2=NCCN2)ccc1CN1CCCCC1. The summed E-state index contributed by atoms with van der Waals surface area (Å²) in [5, 5.41) is 3.31. The van der Waals surface area contributed by atoms with Gasteiger partial charge in [0.15, 0.2) is 0 Å². The summed E-state index contributed by atoms with van der Waals surface area (Å²) >= 11 is 0. The lowest BCUT2D eigenvalue weighted by molar-refractivity contribution is 0.221. The van der Waals surface area contributed by atoms with Gasteiger partial charge < -0.3 is 5.32 Å². The molecule has 18 heavy (non-hydrogen) atoms. The van der Waals surface area contributed by atoms with Gasteiger partial charge in [0.2, 0.25) is 0 Å². The molecule has 0 radical (unpaired) electrons. The monoisotopic (exact) mass is 243 g/mol. The van der Waals surface area contributed by atoms with E-state index in [4.69, 9.17) is 0 Å². The third-order valence-electron chi connectivity index (χ3n) is 3.76. The zero-order chi connectivity index (χ0) is 12.2. The van der Waals surface area contributed by atoms with Crippen LogP contribution in [0, 0.1) is 0 Å². The van der Waals surface area contributed by atoms with E-state index in [0.29, 0.717) is 0 Å². The summed E-state index contributed by atoms with van der Waals surface area (Å²) in [7, 11) is 0. The Morgan fingerprint density at radius 1 is 1.06 bits per heavy atom. The van der Waals surface area contributed by atoms with Crippen molar-refractivity contribution in [2.45, 2.75) is 25.8 Å². The Labute approximate surface area is 109 Å². The van der Waals surface area contributed by atoms with E-state index in [9.17, 15) is 0 Å². The van der Waals surface area contributed by atoms with Gasteiger partial charge in [0.1, 0.15) is 5.84 Å². The van der Waals surface area contributed by atoms with E-state index in [1.807, 2.05) is 0 Å². The lowest BCUT2D eigenvalue weighted by Gasteiger charge is -2.26. The van der Waals surface area contributed by atoms with Crippen molar-refractivity contribution < 1.29 is 0 Å². The van der Waals surface area contributed by atoms with Crippen molar-refractivity contribution in [1.82, 2.24) is 10.2 Å². The third-order valence-corrected chi connectivity index (χ3v) is 3.76. The van der Waals surface area contributed by atoms with Gasteiger partial charge in [-0.15, -0.1) is 0 Å². The van der Waals surface area contributed by atoms with Gasteiger partial charge in [-0.25, -0.2) is 0 Å². The van der Waals surface area contributed by atoms with Crippen molar-refractivity contribution in [2.75, 3.05) is 26.2 Å². The molecule has 1 aromatic carbocycles. The van der Waals surface area contributed by atoms with Crippen LogP contribution in [-0.4, -0.2) is 36.9 Å². The van der Waals surface area contributed by atoms with Crippen molar-refractivity contribution in [3.05, 3.63) is 35.4 Å². The van der Waals surface area contributed by atoms with E-state index >= 15 is 0 Å². The first-order chi connectivity index (χ1) is 8.92. The molecule has 3 heteroatoms. The summed E-state index contributed by atoms with van der Waals surface area (Å²) in [6, 6.07) is 8.87. The van der Waals surface area contributed by atoms with Crippen LogP contribution in [0.15, 0.2) is 29.3 Å². The predicted octanol–water partition coefficient (Wildman–Crippen LogP) is 2.02. The average molecular weight is 243 g/mol. The molecule has 1 aromatic rings. The van der Waals surface area contributed by atoms with Crippen LogP contribution >= 0.6 is 0 Å². The van der Waals surface area contributed by atoms with Crippen LogP contribution in [0.3, 0.4) is 0 Å². The van der Waals surface area contributed by atoms with Crippen LogP contribution in [0.1, 0.15) is 30.4 Å². The molecule has 1 N–H and O–H groups in total. The zero-order valence-corrected chi connectivity index (χ0v) is 10.9. The normalized spacial score (nSPS) is 20.6. The van der Waals surface area contributed by atoms with Crippen LogP contribution in [0.5, 0.6) is 0 Å². The van der Waals surface area contributed by atoms with Gasteiger partial charge in [0, 0.05) is 18.7 Å². The topological polar surface area (TPSA) is 27.6 Å². The van der Waals surface area contributed by atoms with Crippen molar-refractivity contribution in [1.29, 1.82) is 0 Å². The molecular formula is C15H21N3. The number of amidine groups is 1. The van der Waals surface area contributed by atoms with Crippen LogP contribution < -0.4 is 5.32 Å². The quantitative estimate of drug-likeness (QED) is 0.879. The van der Waals surface area contributed by atoms with E-state index < -0.39 is 0 Å². The fraction of sp³-hybridized carbons (Fsp3) is 0.533. The van der Waals surface area contributed by atoms with Crippen molar-refractivity contribution >= 4 is 5.84 Å². The van der Waals surface area contributed by atoms with E-state index in [2.05, 4.69) is 39.5 Å². The standard InChI is InChI=1S/C15H21N3/c1-2-10-18(11-3-1)12-13-4-6-14(7-5-13)15-16-8-9-17-15/h4-7H,1-3,8-12H2,(H,16,17). The Morgan fingerprint density at radius 3 is 2.50 bits per heavy atom. The molecule has 0 spiro atoms. The summed E-state index contributed by atoms with van der Waals surface area (Å²) in [6.07, 6.45) is 4.12.